The SMILES string of the molecule is COc1ccc2[nH]c3c(c2c1)CN(Cc1nnc(C)s1)CC3. The number of benzene rings is 1. The van der Waals surface area contributed by atoms with Crippen molar-refractivity contribution in [1.82, 2.24) is 20.1 Å². The molecular weight excluding hydrogens is 296 g/mol. The number of nitrogens with one attached hydrogen (secondary N) is 1. The zero-order valence-electron chi connectivity index (χ0n) is 12.7. The lowest BCUT2D eigenvalue weighted by molar-refractivity contribution is 0.245. The predicted octanol–water partition coefficient (Wildman–Crippen LogP) is 2.89. The molecule has 4 rings (SSSR count). The number of hydrogen-bond donors (Lipinski definition) is 1. The van der Waals surface area contributed by atoms with Gasteiger partial charge in [0.1, 0.15) is 15.8 Å². The van der Waals surface area contributed by atoms with Crippen LogP contribution in [0.1, 0.15) is 21.3 Å². The Morgan fingerprint density at radius 2 is 2.27 bits per heavy atom. The summed E-state index contributed by atoms with van der Waals surface area (Å²) in [4.78, 5) is 5.99. The molecule has 114 valence electrons. The summed E-state index contributed by atoms with van der Waals surface area (Å²) in [5.41, 5.74) is 3.94. The summed E-state index contributed by atoms with van der Waals surface area (Å²) < 4.78 is 5.36. The first-order chi connectivity index (χ1) is 10.7. The fraction of sp³-hybridized carbons (Fsp3) is 0.375. The van der Waals surface area contributed by atoms with Gasteiger partial charge in [0.05, 0.1) is 13.7 Å². The van der Waals surface area contributed by atoms with E-state index in [9.17, 15) is 0 Å². The van der Waals surface area contributed by atoms with Crippen LogP contribution in [-0.2, 0) is 19.5 Å². The summed E-state index contributed by atoms with van der Waals surface area (Å²) in [6.07, 6.45) is 1.05. The number of nitrogens with zero attached hydrogens (tertiary/aromatic N) is 3. The van der Waals surface area contributed by atoms with Gasteiger partial charge in [-0.15, -0.1) is 21.5 Å². The van der Waals surface area contributed by atoms with Crippen LogP contribution < -0.4 is 4.74 Å². The number of aromatic amines is 1. The highest BCUT2D eigenvalue weighted by Crippen LogP contribution is 2.31. The fourth-order valence-electron chi connectivity index (χ4n) is 3.10. The van der Waals surface area contributed by atoms with Gasteiger partial charge in [-0.25, -0.2) is 0 Å². The van der Waals surface area contributed by atoms with Crippen molar-refractivity contribution in [2.45, 2.75) is 26.4 Å². The summed E-state index contributed by atoms with van der Waals surface area (Å²) >= 11 is 1.68. The molecule has 0 fully saturated rings. The lowest BCUT2D eigenvalue weighted by atomic mass is 10.0. The zero-order valence-corrected chi connectivity index (χ0v) is 13.5. The fourth-order valence-corrected chi connectivity index (χ4v) is 3.86. The van der Waals surface area contributed by atoms with E-state index in [4.69, 9.17) is 4.74 Å². The van der Waals surface area contributed by atoms with Gasteiger partial charge in [0.2, 0.25) is 0 Å². The minimum Gasteiger partial charge on any atom is -0.497 e. The molecule has 0 saturated heterocycles. The number of ether oxygens (including phenoxy) is 1. The molecule has 0 spiro atoms. The van der Waals surface area contributed by atoms with Crippen LogP contribution in [0.15, 0.2) is 18.2 Å². The third-order valence-electron chi connectivity index (χ3n) is 4.19. The molecule has 1 N–H and O–H groups in total. The number of aromatic nitrogens is 3. The van der Waals surface area contributed by atoms with Crippen molar-refractivity contribution in [3.63, 3.8) is 0 Å². The van der Waals surface area contributed by atoms with E-state index in [0.717, 1.165) is 41.8 Å². The van der Waals surface area contributed by atoms with Crippen LogP contribution in [0, 0.1) is 6.92 Å². The van der Waals surface area contributed by atoms with Crippen molar-refractivity contribution < 1.29 is 4.74 Å². The van der Waals surface area contributed by atoms with Crippen molar-refractivity contribution in [2.75, 3.05) is 13.7 Å². The van der Waals surface area contributed by atoms with Crippen LogP contribution in [0.4, 0.5) is 0 Å². The van der Waals surface area contributed by atoms with Crippen LogP contribution in [0.2, 0.25) is 0 Å². The number of aryl methyl sites for hydroxylation is 1. The largest absolute Gasteiger partial charge is 0.497 e. The molecule has 1 aliphatic heterocycles. The Morgan fingerprint density at radius 1 is 1.36 bits per heavy atom. The Morgan fingerprint density at radius 3 is 3.05 bits per heavy atom. The Kier molecular flexibility index (Phi) is 3.35. The maximum Gasteiger partial charge on any atom is 0.131 e. The molecule has 2 aromatic heterocycles. The molecule has 0 aliphatic carbocycles. The van der Waals surface area contributed by atoms with Gasteiger partial charge in [-0.05, 0) is 30.7 Å². The van der Waals surface area contributed by atoms with Gasteiger partial charge in [0.25, 0.3) is 0 Å². The average Bonchev–Trinajstić information content (AvgIpc) is 3.10. The van der Waals surface area contributed by atoms with Gasteiger partial charge < -0.3 is 9.72 Å². The maximum atomic E-state index is 5.36. The van der Waals surface area contributed by atoms with E-state index in [2.05, 4.69) is 32.2 Å². The average molecular weight is 314 g/mol. The number of fused-ring (bicyclic) bond motifs is 3. The molecule has 1 aromatic carbocycles. The normalized spacial score (nSPS) is 15.2. The minimum atomic E-state index is 0.877. The molecular formula is C16H18N4OS. The molecule has 5 nitrogen and oxygen atoms in total. The first kappa shape index (κ1) is 13.7. The lowest BCUT2D eigenvalue weighted by Gasteiger charge is -2.26. The van der Waals surface area contributed by atoms with Crippen molar-refractivity contribution in [3.8, 4) is 5.75 Å². The third kappa shape index (κ3) is 2.38. The smallest absolute Gasteiger partial charge is 0.131 e. The molecule has 0 atom stereocenters. The number of rotatable bonds is 3. The van der Waals surface area contributed by atoms with Crippen LogP contribution in [-0.4, -0.2) is 33.7 Å². The lowest BCUT2D eigenvalue weighted by Crippen LogP contribution is -2.29. The molecule has 0 radical (unpaired) electrons. The molecule has 3 heterocycles. The number of hydrogen-bond acceptors (Lipinski definition) is 5. The summed E-state index contributed by atoms with van der Waals surface area (Å²) in [6.45, 7) is 4.87. The molecule has 0 bridgehead atoms. The summed E-state index contributed by atoms with van der Waals surface area (Å²) in [5, 5.41) is 11.7. The van der Waals surface area contributed by atoms with Gasteiger partial charge in [-0.2, -0.15) is 0 Å². The van der Waals surface area contributed by atoms with Crippen LogP contribution >= 0.6 is 11.3 Å². The highest BCUT2D eigenvalue weighted by molar-refractivity contribution is 7.11. The Hall–Kier alpha value is -1.92. The van der Waals surface area contributed by atoms with E-state index in [0.29, 0.717) is 0 Å². The second-order valence-electron chi connectivity index (χ2n) is 5.67. The van der Waals surface area contributed by atoms with Gasteiger partial charge in [0, 0.05) is 36.1 Å². The van der Waals surface area contributed by atoms with E-state index in [-0.39, 0.29) is 0 Å². The van der Waals surface area contributed by atoms with Gasteiger partial charge in [-0.1, -0.05) is 0 Å². The third-order valence-corrected chi connectivity index (χ3v) is 5.01. The predicted molar refractivity (Wildman–Crippen MR) is 87.3 cm³/mol. The first-order valence-electron chi connectivity index (χ1n) is 7.42. The van der Waals surface area contributed by atoms with Crippen molar-refractivity contribution >= 4 is 22.2 Å². The van der Waals surface area contributed by atoms with E-state index >= 15 is 0 Å². The zero-order chi connectivity index (χ0) is 15.1. The second-order valence-corrected chi connectivity index (χ2v) is 6.94. The Labute approximate surface area is 132 Å². The number of methoxy groups -OCH3 is 1. The van der Waals surface area contributed by atoms with Crippen molar-refractivity contribution in [1.29, 1.82) is 0 Å². The van der Waals surface area contributed by atoms with Crippen LogP contribution in [0.5, 0.6) is 5.75 Å². The highest BCUT2D eigenvalue weighted by atomic mass is 32.1. The Balaban J connectivity index is 1.63. The van der Waals surface area contributed by atoms with Crippen molar-refractivity contribution in [2.24, 2.45) is 0 Å². The summed E-state index contributed by atoms with van der Waals surface area (Å²) in [7, 11) is 1.71. The monoisotopic (exact) mass is 314 g/mol. The van der Waals surface area contributed by atoms with E-state index in [1.165, 1.54) is 22.2 Å². The van der Waals surface area contributed by atoms with E-state index in [1.807, 2.05) is 13.0 Å². The van der Waals surface area contributed by atoms with E-state index in [1.54, 1.807) is 18.4 Å². The van der Waals surface area contributed by atoms with Crippen LogP contribution in [0.3, 0.4) is 0 Å². The topological polar surface area (TPSA) is 54.0 Å². The second kappa shape index (κ2) is 5.37. The van der Waals surface area contributed by atoms with Gasteiger partial charge >= 0.3 is 0 Å². The molecule has 6 heteroatoms. The quantitative estimate of drug-likeness (QED) is 0.807. The molecule has 22 heavy (non-hydrogen) atoms. The number of H-pyrrole nitrogens is 1. The first-order valence-corrected chi connectivity index (χ1v) is 8.23. The van der Waals surface area contributed by atoms with Gasteiger partial charge in [-0.3, -0.25) is 4.90 Å². The maximum absolute atomic E-state index is 5.36. The van der Waals surface area contributed by atoms with Gasteiger partial charge in [0.15, 0.2) is 0 Å². The molecule has 1 aliphatic rings. The molecule has 0 unspecified atom stereocenters. The molecule has 0 saturated carbocycles. The Bertz CT molecular complexity index is 823. The minimum absolute atomic E-state index is 0.877. The summed E-state index contributed by atoms with van der Waals surface area (Å²) in [5.74, 6) is 0.908. The standard InChI is InChI=1S/C16H18N4OS/c1-10-18-19-16(22-10)9-20-6-5-15-13(8-20)12-7-11(21-2)3-4-14(12)17-15/h3-4,7,17H,5-6,8-9H2,1-2H3. The van der Waals surface area contributed by atoms with Crippen molar-refractivity contribution in [3.05, 3.63) is 39.5 Å². The molecule has 0 amide bonds. The highest BCUT2D eigenvalue weighted by Gasteiger charge is 2.21. The van der Waals surface area contributed by atoms with E-state index < -0.39 is 0 Å². The molecule has 3 aromatic rings. The van der Waals surface area contributed by atoms with Crippen LogP contribution in [0.25, 0.3) is 10.9 Å². The summed E-state index contributed by atoms with van der Waals surface area (Å²) in [6, 6.07) is 6.24.